The van der Waals surface area contributed by atoms with Crippen LogP contribution in [0.2, 0.25) is 0 Å². The SMILES string of the molecule is CC1CCCN(C(C)C(N)=O)C1C. The van der Waals surface area contributed by atoms with E-state index in [2.05, 4.69) is 18.7 Å². The van der Waals surface area contributed by atoms with E-state index in [0.29, 0.717) is 12.0 Å². The molecular weight excluding hydrogens is 164 g/mol. The van der Waals surface area contributed by atoms with Gasteiger partial charge in [0.2, 0.25) is 5.91 Å². The van der Waals surface area contributed by atoms with E-state index < -0.39 is 0 Å². The molecule has 1 amide bonds. The first-order valence-electron chi connectivity index (χ1n) is 5.09. The summed E-state index contributed by atoms with van der Waals surface area (Å²) >= 11 is 0. The van der Waals surface area contributed by atoms with Crippen molar-refractivity contribution in [2.24, 2.45) is 11.7 Å². The van der Waals surface area contributed by atoms with Crippen LogP contribution in [0.3, 0.4) is 0 Å². The van der Waals surface area contributed by atoms with Crippen molar-refractivity contribution in [2.45, 2.75) is 45.7 Å². The van der Waals surface area contributed by atoms with E-state index in [9.17, 15) is 4.79 Å². The molecule has 0 aromatic heterocycles. The third-order valence-corrected chi connectivity index (χ3v) is 3.33. The van der Waals surface area contributed by atoms with Crippen molar-refractivity contribution in [1.82, 2.24) is 4.90 Å². The maximum atomic E-state index is 11.0. The van der Waals surface area contributed by atoms with Crippen LogP contribution in [0.15, 0.2) is 0 Å². The van der Waals surface area contributed by atoms with Gasteiger partial charge in [-0.3, -0.25) is 9.69 Å². The molecule has 0 bridgehead atoms. The Morgan fingerprint density at radius 2 is 2.15 bits per heavy atom. The molecule has 0 radical (unpaired) electrons. The fraction of sp³-hybridized carbons (Fsp3) is 0.900. The van der Waals surface area contributed by atoms with Crippen LogP contribution in [0.5, 0.6) is 0 Å². The number of hydrogen-bond acceptors (Lipinski definition) is 2. The Bertz CT molecular complexity index is 193. The lowest BCUT2D eigenvalue weighted by atomic mass is 9.91. The standard InChI is InChI=1S/C10H20N2O/c1-7-5-4-6-12(8(7)2)9(3)10(11)13/h7-9H,4-6H2,1-3H3,(H2,11,13). The van der Waals surface area contributed by atoms with E-state index >= 15 is 0 Å². The molecule has 1 fully saturated rings. The maximum absolute atomic E-state index is 11.0. The number of carbonyl (C=O) groups is 1. The van der Waals surface area contributed by atoms with Gasteiger partial charge >= 0.3 is 0 Å². The van der Waals surface area contributed by atoms with Gasteiger partial charge in [-0.05, 0) is 39.2 Å². The molecule has 0 aromatic rings. The normalized spacial score (nSPS) is 32.8. The van der Waals surface area contributed by atoms with Gasteiger partial charge in [0, 0.05) is 6.04 Å². The fourth-order valence-corrected chi connectivity index (χ4v) is 2.08. The smallest absolute Gasteiger partial charge is 0.234 e. The number of primary amides is 1. The van der Waals surface area contributed by atoms with Gasteiger partial charge in [-0.1, -0.05) is 6.92 Å². The third kappa shape index (κ3) is 2.21. The van der Waals surface area contributed by atoms with Crippen LogP contribution in [0.1, 0.15) is 33.6 Å². The van der Waals surface area contributed by atoms with Gasteiger partial charge in [0.05, 0.1) is 6.04 Å². The molecule has 0 aromatic carbocycles. The van der Waals surface area contributed by atoms with Gasteiger partial charge in [-0.15, -0.1) is 0 Å². The molecule has 1 aliphatic heterocycles. The molecule has 13 heavy (non-hydrogen) atoms. The van der Waals surface area contributed by atoms with E-state index in [4.69, 9.17) is 5.73 Å². The Morgan fingerprint density at radius 1 is 1.54 bits per heavy atom. The highest BCUT2D eigenvalue weighted by Crippen LogP contribution is 2.24. The minimum absolute atomic E-state index is 0.113. The molecule has 0 aliphatic carbocycles. The average Bonchev–Trinajstić information content (AvgIpc) is 2.08. The Balaban J connectivity index is 2.62. The second-order valence-electron chi connectivity index (χ2n) is 4.18. The number of amides is 1. The largest absolute Gasteiger partial charge is 0.368 e. The zero-order chi connectivity index (χ0) is 10.0. The van der Waals surface area contributed by atoms with Crippen molar-refractivity contribution in [3.63, 3.8) is 0 Å². The van der Waals surface area contributed by atoms with Crippen molar-refractivity contribution < 1.29 is 4.79 Å². The van der Waals surface area contributed by atoms with Crippen LogP contribution in [0.25, 0.3) is 0 Å². The lowest BCUT2D eigenvalue weighted by Gasteiger charge is -2.40. The molecule has 1 heterocycles. The van der Waals surface area contributed by atoms with Crippen LogP contribution in [-0.4, -0.2) is 29.4 Å². The van der Waals surface area contributed by atoms with Crippen molar-refractivity contribution >= 4 is 5.91 Å². The minimum Gasteiger partial charge on any atom is -0.368 e. The molecule has 2 N–H and O–H groups in total. The maximum Gasteiger partial charge on any atom is 0.234 e. The first-order valence-corrected chi connectivity index (χ1v) is 5.09. The molecule has 3 heteroatoms. The van der Waals surface area contributed by atoms with Gasteiger partial charge in [-0.25, -0.2) is 0 Å². The molecule has 1 rings (SSSR count). The van der Waals surface area contributed by atoms with E-state index in [-0.39, 0.29) is 11.9 Å². The molecule has 0 spiro atoms. The van der Waals surface area contributed by atoms with E-state index in [1.54, 1.807) is 0 Å². The van der Waals surface area contributed by atoms with Gasteiger partial charge in [-0.2, -0.15) is 0 Å². The number of nitrogens with two attached hydrogens (primary N) is 1. The monoisotopic (exact) mass is 184 g/mol. The number of piperidine rings is 1. The van der Waals surface area contributed by atoms with Gasteiger partial charge in [0.1, 0.15) is 0 Å². The van der Waals surface area contributed by atoms with Gasteiger partial charge in [0.25, 0.3) is 0 Å². The molecule has 76 valence electrons. The number of carbonyl (C=O) groups excluding carboxylic acids is 1. The van der Waals surface area contributed by atoms with Gasteiger partial charge in [0.15, 0.2) is 0 Å². The Kier molecular flexibility index (Phi) is 3.31. The highest BCUT2D eigenvalue weighted by atomic mass is 16.1. The highest BCUT2D eigenvalue weighted by molar-refractivity contribution is 5.79. The first kappa shape index (κ1) is 10.5. The fourth-order valence-electron chi connectivity index (χ4n) is 2.08. The summed E-state index contributed by atoms with van der Waals surface area (Å²) < 4.78 is 0. The van der Waals surface area contributed by atoms with Crippen molar-refractivity contribution in [3.05, 3.63) is 0 Å². The van der Waals surface area contributed by atoms with E-state index in [1.165, 1.54) is 12.8 Å². The van der Waals surface area contributed by atoms with E-state index in [1.807, 2.05) is 6.92 Å². The lowest BCUT2D eigenvalue weighted by molar-refractivity contribution is -0.124. The summed E-state index contributed by atoms with van der Waals surface area (Å²) in [6, 6.07) is 0.369. The number of nitrogens with zero attached hydrogens (tertiary/aromatic N) is 1. The van der Waals surface area contributed by atoms with Crippen molar-refractivity contribution in [2.75, 3.05) is 6.54 Å². The minimum atomic E-state index is -0.207. The second kappa shape index (κ2) is 4.09. The predicted molar refractivity (Wildman–Crippen MR) is 53.2 cm³/mol. The summed E-state index contributed by atoms with van der Waals surface area (Å²) in [6.07, 6.45) is 2.45. The summed E-state index contributed by atoms with van der Waals surface area (Å²) in [4.78, 5) is 13.3. The molecule has 3 atom stereocenters. The van der Waals surface area contributed by atoms with Gasteiger partial charge < -0.3 is 5.73 Å². The zero-order valence-corrected chi connectivity index (χ0v) is 8.79. The van der Waals surface area contributed by atoms with Crippen molar-refractivity contribution in [1.29, 1.82) is 0 Å². The Morgan fingerprint density at radius 3 is 2.69 bits per heavy atom. The summed E-state index contributed by atoms with van der Waals surface area (Å²) in [5.74, 6) is 0.469. The molecule has 3 unspecified atom stereocenters. The molecule has 1 aliphatic rings. The van der Waals surface area contributed by atoms with Crippen molar-refractivity contribution in [3.8, 4) is 0 Å². The van der Waals surface area contributed by atoms with Crippen LogP contribution in [-0.2, 0) is 4.79 Å². The summed E-state index contributed by atoms with van der Waals surface area (Å²) in [5, 5.41) is 0. The number of rotatable bonds is 2. The summed E-state index contributed by atoms with van der Waals surface area (Å²) in [6.45, 7) is 7.33. The summed E-state index contributed by atoms with van der Waals surface area (Å²) in [7, 11) is 0. The molecule has 3 nitrogen and oxygen atoms in total. The predicted octanol–water partition coefficient (Wildman–Crippen LogP) is 0.981. The first-order chi connectivity index (χ1) is 6.04. The zero-order valence-electron chi connectivity index (χ0n) is 8.79. The average molecular weight is 184 g/mol. The summed E-state index contributed by atoms with van der Waals surface area (Å²) in [5.41, 5.74) is 5.29. The molecular formula is C10H20N2O. The van der Waals surface area contributed by atoms with Crippen LogP contribution < -0.4 is 5.73 Å². The molecule has 0 saturated carbocycles. The van der Waals surface area contributed by atoms with Crippen LogP contribution >= 0.6 is 0 Å². The van der Waals surface area contributed by atoms with Crippen LogP contribution in [0, 0.1) is 5.92 Å². The number of hydrogen-bond donors (Lipinski definition) is 1. The Hall–Kier alpha value is -0.570. The van der Waals surface area contributed by atoms with Crippen LogP contribution in [0.4, 0.5) is 0 Å². The second-order valence-corrected chi connectivity index (χ2v) is 4.18. The highest BCUT2D eigenvalue weighted by Gasteiger charge is 2.30. The lowest BCUT2D eigenvalue weighted by Crippen LogP contribution is -2.51. The van der Waals surface area contributed by atoms with E-state index in [0.717, 1.165) is 6.54 Å². The molecule has 1 saturated heterocycles. The topological polar surface area (TPSA) is 46.3 Å². The number of likely N-dealkylation sites (tertiary alicyclic amines) is 1. The quantitative estimate of drug-likeness (QED) is 0.695. The third-order valence-electron chi connectivity index (χ3n) is 3.33. The Labute approximate surface area is 80.3 Å².